The van der Waals surface area contributed by atoms with Gasteiger partial charge in [0, 0.05) is 18.7 Å². The SMILES string of the molecule is NCCC1(CN2C(=O)CCCc3ccccc32)CC1. The minimum absolute atomic E-state index is 0.285. The van der Waals surface area contributed by atoms with Crippen LogP contribution in [0.25, 0.3) is 0 Å². The molecule has 1 heterocycles. The van der Waals surface area contributed by atoms with Crippen molar-refractivity contribution in [3.8, 4) is 0 Å². The van der Waals surface area contributed by atoms with Crippen molar-refractivity contribution in [1.29, 1.82) is 0 Å². The number of carbonyl (C=O) groups excluding carboxylic acids is 1. The van der Waals surface area contributed by atoms with Gasteiger partial charge in [-0.3, -0.25) is 4.79 Å². The predicted octanol–water partition coefficient (Wildman–Crippen LogP) is 2.48. The van der Waals surface area contributed by atoms with Crippen LogP contribution in [0.15, 0.2) is 24.3 Å². The number of amides is 1. The highest BCUT2D eigenvalue weighted by molar-refractivity contribution is 5.95. The van der Waals surface area contributed by atoms with Crippen LogP contribution < -0.4 is 10.6 Å². The topological polar surface area (TPSA) is 46.3 Å². The zero-order valence-corrected chi connectivity index (χ0v) is 11.4. The Morgan fingerprint density at radius 3 is 2.74 bits per heavy atom. The summed E-state index contributed by atoms with van der Waals surface area (Å²) in [7, 11) is 0. The van der Waals surface area contributed by atoms with E-state index < -0.39 is 0 Å². The highest BCUT2D eigenvalue weighted by Crippen LogP contribution is 2.50. The van der Waals surface area contributed by atoms with Crippen molar-refractivity contribution in [1.82, 2.24) is 0 Å². The number of para-hydroxylation sites is 1. The fourth-order valence-corrected chi connectivity index (χ4v) is 3.16. The van der Waals surface area contributed by atoms with Crippen LogP contribution in [0.5, 0.6) is 0 Å². The number of anilines is 1. The average Bonchev–Trinajstić information content (AvgIpc) is 3.18. The molecule has 0 atom stereocenters. The van der Waals surface area contributed by atoms with Gasteiger partial charge in [0.05, 0.1) is 0 Å². The van der Waals surface area contributed by atoms with Crippen LogP contribution in [0.4, 0.5) is 5.69 Å². The molecule has 1 saturated carbocycles. The molecule has 1 amide bonds. The van der Waals surface area contributed by atoms with E-state index in [4.69, 9.17) is 5.73 Å². The normalized spacial score (nSPS) is 20.9. The van der Waals surface area contributed by atoms with Crippen LogP contribution >= 0.6 is 0 Å². The third-order valence-corrected chi connectivity index (χ3v) is 4.55. The van der Waals surface area contributed by atoms with E-state index in [1.165, 1.54) is 18.4 Å². The number of hydrogen-bond donors (Lipinski definition) is 1. The van der Waals surface area contributed by atoms with Crippen LogP contribution in [0.2, 0.25) is 0 Å². The maximum Gasteiger partial charge on any atom is 0.227 e. The average molecular weight is 258 g/mol. The molecule has 0 aromatic heterocycles. The molecule has 0 saturated heterocycles. The summed E-state index contributed by atoms with van der Waals surface area (Å²) in [6.07, 6.45) is 6.14. The largest absolute Gasteiger partial charge is 0.330 e. The molecule has 3 heteroatoms. The molecule has 1 aliphatic carbocycles. The van der Waals surface area contributed by atoms with E-state index in [0.29, 0.717) is 11.8 Å². The highest BCUT2D eigenvalue weighted by atomic mass is 16.2. The summed E-state index contributed by atoms with van der Waals surface area (Å²) in [4.78, 5) is 14.4. The summed E-state index contributed by atoms with van der Waals surface area (Å²) in [5, 5.41) is 0. The molecule has 0 spiro atoms. The van der Waals surface area contributed by atoms with Crippen molar-refractivity contribution >= 4 is 11.6 Å². The Kier molecular flexibility index (Phi) is 3.31. The number of rotatable bonds is 4. The van der Waals surface area contributed by atoms with Gasteiger partial charge in [-0.2, -0.15) is 0 Å². The first kappa shape index (κ1) is 12.7. The van der Waals surface area contributed by atoms with Crippen LogP contribution in [-0.4, -0.2) is 19.0 Å². The lowest BCUT2D eigenvalue weighted by atomic mass is 10.0. The molecule has 19 heavy (non-hydrogen) atoms. The second-order valence-corrected chi connectivity index (χ2v) is 6.00. The molecule has 1 aliphatic heterocycles. The van der Waals surface area contributed by atoms with Gasteiger partial charge in [-0.05, 0) is 55.7 Å². The van der Waals surface area contributed by atoms with Gasteiger partial charge < -0.3 is 10.6 Å². The zero-order valence-electron chi connectivity index (χ0n) is 11.4. The molecule has 1 aromatic carbocycles. The lowest BCUT2D eigenvalue weighted by Gasteiger charge is -2.28. The zero-order chi connectivity index (χ0) is 13.3. The third-order valence-electron chi connectivity index (χ3n) is 4.55. The third kappa shape index (κ3) is 2.52. The van der Waals surface area contributed by atoms with Crippen molar-refractivity contribution in [2.45, 2.75) is 38.5 Å². The first-order valence-electron chi connectivity index (χ1n) is 7.32. The fraction of sp³-hybridized carbons (Fsp3) is 0.562. The molecular weight excluding hydrogens is 236 g/mol. The van der Waals surface area contributed by atoms with Gasteiger partial charge in [-0.15, -0.1) is 0 Å². The quantitative estimate of drug-likeness (QED) is 0.902. The summed E-state index contributed by atoms with van der Waals surface area (Å²) in [6.45, 7) is 1.59. The van der Waals surface area contributed by atoms with Crippen molar-refractivity contribution in [2.24, 2.45) is 11.1 Å². The molecule has 3 rings (SSSR count). The Labute approximate surface area is 114 Å². The molecule has 3 nitrogen and oxygen atoms in total. The van der Waals surface area contributed by atoms with E-state index in [1.807, 2.05) is 11.0 Å². The molecule has 2 N–H and O–H groups in total. The minimum Gasteiger partial charge on any atom is -0.330 e. The molecule has 1 aromatic rings. The summed E-state index contributed by atoms with van der Waals surface area (Å²) in [5.74, 6) is 0.285. The number of benzene rings is 1. The molecule has 0 unspecified atom stereocenters. The van der Waals surface area contributed by atoms with Crippen molar-refractivity contribution < 1.29 is 4.79 Å². The monoisotopic (exact) mass is 258 g/mol. The van der Waals surface area contributed by atoms with Crippen LogP contribution in [0.1, 0.15) is 37.7 Å². The first-order valence-corrected chi connectivity index (χ1v) is 7.32. The lowest BCUT2D eigenvalue weighted by Crippen LogP contribution is -2.36. The number of fused-ring (bicyclic) bond motifs is 1. The van der Waals surface area contributed by atoms with Crippen molar-refractivity contribution in [3.05, 3.63) is 29.8 Å². The standard InChI is InChI=1S/C16H22N2O/c17-11-10-16(8-9-16)12-18-14-6-2-1-4-13(14)5-3-7-15(18)19/h1-2,4,6H,3,5,7-12,17H2. The van der Waals surface area contributed by atoms with Gasteiger partial charge in [-0.1, -0.05) is 18.2 Å². The van der Waals surface area contributed by atoms with E-state index in [-0.39, 0.29) is 5.91 Å². The maximum atomic E-state index is 12.4. The van der Waals surface area contributed by atoms with Gasteiger partial charge >= 0.3 is 0 Å². The number of hydrogen-bond acceptors (Lipinski definition) is 2. The summed E-state index contributed by atoms with van der Waals surface area (Å²) in [6, 6.07) is 8.35. The molecule has 0 bridgehead atoms. The van der Waals surface area contributed by atoms with E-state index >= 15 is 0 Å². The fourth-order valence-electron chi connectivity index (χ4n) is 3.16. The summed E-state index contributed by atoms with van der Waals surface area (Å²) in [5.41, 5.74) is 8.47. The van der Waals surface area contributed by atoms with E-state index in [2.05, 4.69) is 18.2 Å². The molecule has 2 aliphatic rings. The van der Waals surface area contributed by atoms with E-state index in [1.54, 1.807) is 0 Å². The molecular formula is C16H22N2O. The van der Waals surface area contributed by atoms with E-state index in [9.17, 15) is 4.79 Å². The van der Waals surface area contributed by atoms with Crippen LogP contribution in [0.3, 0.4) is 0 Å². The minimum atomic E-state index is 0.285. The Bertz CT molecular complexity index is 479. The number of aryl methyl sites for hydroxylation is 1. The van der Waals surface area contributed by atoms with Crippen LogP contribution in [-0.2, 0) is 11.2 Å². The van der Waals surface area contributed by atoms with Gasteiger partial charge in [0.15, 0.2) is 0 Å². The lowest BCUT2D eigenvalue weighted by molar-refractivity contribution is -0.118. The Morgan fingerprint density at radius 1 is 1.21 bits per heavy atom. The van der Waals surface area contributed by atoms with E-state index in [0.717, 1.165) is 38.0 Å². The number of nitrogens with two attached hydrogens (primary N) is 1. The Hall–Kier alpha value is -1.35. The summed E-state index contributed by atoms with van der Waals surface area (Å²) < 4.78 is 0. The molecule has 1 fully saturated rings. The van der Waals surface area contributed by atoms with Crippen LogP contribution in [0, 0.1) is 5.41 Å². The van der Waals surface area contributed by atoms with Crippen molar-refractivity contribution in [2.75, 3.05) is 18.0 Å². The highest BCUT2D eigenvalue weighted by Gasteiger charge is 2.44. The Morgan fingerprint density at radius 2 is 2.00 bits per heavy atom. The van der Waals surface area contributed by atoms with Gasteiger partial charge in [-0.25, -0.2) is 0 Å². The van der Waals surface area contributed by atoms with Gasteiger partial charge in [0.25, 0.3) is 0 Å². The number of nitrogens with zero attached hydrogens (tertiary/aromatic N) is 1. The predicted molar refractivity (Wildman–Crippen MR) is 77.1 cm³/mol. The molecule has 0 radical (unpaired) electrons. The van der Waals surface area contributed by atoms with Gasteiger partial charge in [0.2, 0.25) is 5.91 Å². The Balaban J connectivity index is 1.88. The van der Waals surface area contributed by atoms with Gasteiger partial charge in [0.1, 0.15) is 0 Å². The second kappa shape index (κ2) is 4.97. The van der Waals surface area contributed by atoms with Crippen molar-refractivity contribution in [3.63, 3.8) is 0 Å². The molecule has 102 valence electrons. The second-order valence-electron chi connectivity index (χ2n) is 6.00. The maximum absolute atomic E-state index is 12.4. The smallest absolute Gasteiger partial charge is 0.227 e. The number of carbonyl (C=O) groups is 1. The summed E-state index contributed by atoms with van der Waals surface area (Å²) >= 11 is 0. The first-order chi connectivity index (χ1) is 9.24.